The molecule has 1 N–H and O–H groups in total. The molecule has 0 spiro atoms. The third kappa shape index (κ3) is 3.55. The van der Waals surface area contributed by atoms with Gasteiger partial charge in [-0.2, -0.15) is 0 Å². The number of hydrogen-bond acceptors (Lipinski definition) is 3. The maximum atomic E-state index is 12.9. The van der Waals surface area contributed by atoms with E-state index in [9.17, 15) is 18.9 Å². The molecule has 0 radical (unpaired) electrons. The summed E-state index contributed by atoms with van der Waals surface area (Å²) in [5.74, 6) is -1.33. The van der Waals surface area contributed by atoms with Gasteiger partial charge >= 0.3 is 5.97 Å². The summed E-state index contributed by atoms with van der Waals surface area (Å²) >= 11 is 0. The van der Waals surface area contributed by atoms with Crippen LogP contribution in [-0.2, 0) is 28.6 Å². The SMILES string of the molecule is CC(C)[S@@](=O)c1ccc(C(=O)N2Cc3ccccc3C[C@@H]2C(=O)O)cc1. The van der Waals surface area contributed by atoms with Crippen LogP contribution in [0.25, 0.3) is 0 Å². The molecule has 1 aliphatic heterocycles. The first-order valence-corrected chi connectivity index (χ1v) is 9.71. The quantitative estimate of drug-likeness (QED) is 0.897. The van der Waals surface area contributed by atoms with E-state index in [1.54, 1.807) is 24.3 Å². The van der Waals surface area contributed by atoms with Crippen molar-refractivity contribution in [2.45, 2.75) is 43.0 Å². The van der Waals surface area contributed by atoms with E-state index >= 15 is 0 Å². The van der Waals surface area contributed by atoms with E-state index in [2.05, 4.69) is 0 Å². The first kappa shape index (κ1) is 18.3. The van der Waals surface area contributed by atoms with Gasteiger partial charge in [-0.3, -0.25) is 9.00 Å². The fourth-order valence-corrected chi connectivity index (χ4v) is 4.08. The normalized spacial score (nSPS) is 17.7. The molecular formula is C20H21NO4S. The van der Waals surface area contributed by atoms with Crippen molar-refractivity contribution < 1.29 is 18.9 Å². The maximum absolute atomic E-state index is 12.9. The topological polar surface area (TPSA) is 74.7 Å². The Morgan fingerprint density at radius 2 is 1.69 bits per heavy atom. The minimum atomic E-state index is -1.12. The average Bonchev–Trinajstić information content (AvgIpc) is 2.65. The zero-order valence-corrected chi connectivity index (χ0v) is 15.5. The summed E-state index contributed by atoms with van der Waals surface area (Å²) in [6, 6.07) is 13.3. The second kappa shape index (κ2) is 7.41. The lowest BCUT2D eigenvalue weighted by Gasteiger charge is -2.34. The van der Waals surface area contributed by atoms with E-state index in [0.29, 0.717) is 16.9 Å². The van der Waals surface area contributed by atoms with Crippen LogP contribution >= 0.6 is 0 Å². The number of benzene rings is 2. The number of carbonyl (C=O) groups excluding carboxylic acids is 1. The van der Waals surface area contributed by atoms with E-state index in [1.807, 2.05) is 38.1 Å². The third-order valence-corrected chi connectivity index (χ3v) is 6.15. The third-order valence-electron chi connectivity index (χ3n) is 4.56. The molecule has 136 valence electrons. The van der Waals surface area contributed by atoms with Crippen LogP contribution in [0.5, 0.6) is 0 Å². The molecule has 2 atom stereocenters. The van der Waals surface area contributed by atoms with E-state index in [1.165, 1.54) is 4.90 Å². The standard InChI is InChI=1S/C20H21NO4S/c1-13(2)26(25)17-9-7-14(8-10-17)19(22)21-12-16-6-4-3-5-15(16)11-18(21)20(23)24/h3-10,13,18H,11-12H2,1-2H3,(H,23,24)/t18-,26-/m1/s1. The van der Waals surface area contributed by atoms with Gasteiger partial charge in [-0.05, 0) is 35.4 Å². The highest BCUT2D eigenvalue weighted by Crippen LogP contribution is 2.25. The number of carbonyl (C=O) groups is 2. The lowest BCUT2D eigenvalue weighted by molar-refractivity contribution is -0.142. The minimum Gasteiger partial charge on any atom is -0.480 e. The molecule has 0 saturated heterocycles. The van der Waals surface area contributed by atoms with Gasteiger partial charge in [0.25, 0.3) is 5.91 Å². The van der Waals surface area contributed by atoms with Gasteiger partial charge in [0.15, 0.2) is 0 Å². The Morgan fingerprint density at radius 1 is 1.08 bits per heavy atom. The summed E-state index contributed by atoms with van der Waals surface area (Å²) in [6.45, 7) is 4.02. The van der Waals surface area contributed by atoms with Crippen molar-refractivity contribution in [1.82, 2.24) is 4.90 Å². The highest BCUT2D eigenvalue weighted by atomic mass is 32.2. The number of amides is 1. The molecule has 0 unspecified atom stereocenters. The zero-order valence-electron chi connectivity index (χ0n) is 14.7. The summed E-state index contributed by atoms with van der Waals surface area (Å²) < 4.78 is 12.1. The molecule has 2 aromatic rings. The van der Waals surface area contributed by atoms with Crippen LogP contribution in [0, 0.1) is 0 Å². The maximum Gasteiger partial charge on any atom is 0.326 e. The van der Waals surface area contributed by atoms with Crippen molar-refractivity contribution in [1.29, 1.82) is 0 Å². The molecule has 1 amide bonds. The molecule has 3 rings (SSSR count). The summed E-state index contributed by atoms with van der Waals surface area (Å²) in [5.41, 5.74) is 2.34. The number of aliphatic carboxylic acids is 1. The van der Waals surface area contributed by atoms with E-state index < -0.39 is 22.8 Å². The molecule has 2 aromatic carbocycles. The predicted octanol–water partition coefficient (Wildman–Crippen LogP) is 2.85. The van der Waals surface area contributed by atoms with Gasteiger partial charge in [-0.15, -0.1) is 0 Å². The van der Waals surface area contributed by atoms with Crippen molar-refractivity contribution >= 4 is 22.7 Å². The van der Waals surface area contributed by atoms with Crippen LogP contribution < -0.4 is 0 Å². The lowest BCUT2D eigenvalue weighted by Crippen LogP contribution is -2.48. The van der Waals surface area contributed by atoms with Crippen LogP contribution in [0.1, 0.15) is 35.3 Å². The Bertz CT molecular complexity index is 860. The van der Waals surface area contributed by atoms with Crippen molar-refractivity contribution in [3.8, 4) is 0 Å². The lowest BCUT2D eigenvalue weighted by atomic mass is 9.93. The number of rotatable bonds is 4. The molecule has 5 nitrogen and oxygen atoms in total. The molecule has 1 heterocycles. The van der Waals surface area contributed by atoms with Crippen molar-refractivity contribution in [3.63, 3.8) is 0 Å². The monoisotopic (exact) mass is 371 g/mol. The molecule has 6 heteroatoms. The number of fused-ring (bicyclic) bond motifs is 1. The van der Waals surface area contributed by atoms with Gasteiger partial charge in [0.2, 0.25) is 0 Å². The van der Waals surface area contributed by atoms with Crippen molar-refractivity contribution in [2.24, 2.45) is 0 Å². The minimum absolute atomic E-state index is 0.00783. The first-order chi connectivity index (χ1) is 12.4. The highest BCUT2D eigenvalue weighted by molar-refractivity contribution is 7.85. The second-order valence-corrected chi connectivity index (χ2v) is 8.64. The fourth-order valence-electron chi connectivity index (χ4n) is 3.13. The molecule has 0 fully saturated rings. The van der Waals surface area contributed by atoms with Crippen molar-refractivity contribution in [3.05, 3.63) is 65.2 Å². The molecule has 1 aliphatic rings. The average molecular weight is 371 g/mol. The zero-order chi connectivity index (χ0) is 18.8. The molecule has 0 saturated carbocycles. The van der Waals surface area contributed by atoms with E-state index in [4.69, 9.17) is 0 Å². The summed E-state index contributed by atoms with van der Waals surface area (Å²) in [4.78, 5) is 26.7. The Labute approximate surface area is 155 Å². The number of hydrogen-bond donors (Lipinski definition) is 1. The molecule has 0 bridgehead atoms. The summed E-state index contributed by atoms with van der Waals surface area (Å²) in [6.07, 6.45) is 0.298. The Balaban J connectivity index is 1.88. The van der Waals surface area contributed by atoms with Crippen LogP contribution in [0.15, 0.2) is 53.4 Å². The molecule has 0 aromatic heterocycles. The largest absolute Gasteiger partial charge is 0.480 e. The smallest absolute Gasteiger partial charge is 0.326 e. The molecule has 26 heavy (non-hydrogen) atoms. The van der Waals surface area contributed by atoms with Crippen LogP contribution in [0.4, 0.5) is 0 Å². The Hall–Kier alpha value is -2.47. The Kier molecular flexibility index (Phi) is 5.23. The molecule has 0 aliphatic carbocycles. The van der Waals surface area contributed by atoms with Crippen molar-refractivity contribution in [2.75, 3.05) is 0 Å². The van der Waals surface area contributed by atoms with Gasteiger partial charge < -0.3 is 10.0 Å². The van der Waals surface area contributed by atoms with E-state index in [-0.39, 0.29) is 17.7 Å². The number of nitrogens with zero attached hydrogens (tertiary/aromatic N) is 1. The van der Waals surface area contributed by atoms with Gasteiger partial charge in [0.1, 0.15) is 6.04 Å². The molecular weight excluding hydrogens is 350 g/mol. The number of carboxylic acid groups (broad SMARTS) is 1. The van der Waals surface area contributed by atoms with Crippen LogP contribution in [0.2, 0.25) is 0 Å². The summed E-state index contributed by atoms with van der Waals surface area (Å²) in [7, 11) is -1.12. The van der Waals surface area contributed by atoms with Crippen LogP contribution in [-0.4, -0.2) is 37.4 Å². The van der Waals surface area contributed by atoms with Gasteiger partial charge in [-0.25, -0.2) is 4.79 Å². The van der Waals surface area contributed by atoms with E-state index in [0.717, 1.165) is 11.1 Å². The van der Waals surface area contributed by atoms with Gasteiger partial charge in [0.05, 0.1) is 10.8 Å². The second-order valence-electron chi connectivity index (χ2n) is 6.63. The Morgan fingerprint density at radius 3 is 2.27 bits per heavy atom. The predicted molar refractivity (Wildman–Crippen MR) is 99.4 cm³/mol. The highest BCUT2D eigenvalue weighted by Gasteiger charge is 2.34. The number of carboxylic acids is 1. The van der Waals surface area contributed by atoms with Gasteiger partial charge in [-0.1, -0.05) is 38.1 Å². The summed E-state index contributed by atoms with van der Waals surface area (Å²) in [5, 5.41) is 9.57. The van der Waals surface area contributed by atoms with Gasteiger partial charge in [0, 0.05) is 28.7 Å². The first-order valence-electron chi connectivity index (χ1n) is 8.49. The fraction of sp³-hybridized carbons (Fsp3) is 0.300. The van der Waals surface area contributed by atoms with Crippen LogP contribution in [0.3, 0.4) is 0 Å².